The van der Waals surface area contributed by atoms with Crippen LogP contribution in [0.4, 0.5) is 5.13 Å². The first-order valence-electron chi connectivity index (χ1n) is 7.19. The van der Waals surface area contributed by atoms with Crippen LogP contribution in [0.1, 0.15) is 18.7 Å². The van der Waals surface area contributed by atoms with Crippen LogP contribution in [0.3, 0.4) is 0 Å². The van der Waals surface area contributed by atoms with Crippen molar-refractivity contribution >= 4 is 22.6 Å². The molecule has 6 nitrogen and oxygen atoms in total. The minimum absolute atomic E-state index is 0.102. The van der Waals surface area contributed by atoms with Crippen LogP contribution < -0.4 is 4.90 Å². The Kier molecular flexibility index (Phi) is 3.89. The summed E-state index contributed by atoms with van der Waals surface area (Å²) < 4.78 is 4.22. The van der Waals surface area contributed by atoms with Gasteiger partial charge in [-0.15, -0.1) is 0 Å². The number of hydrogen-bond acceptors (Lipinski definition) is 6. The van der Waals surface area contributed by atoms with E-state index >= 15 is 0 Å². The van der Waals surface area contributed by atoms with Crippen molar-refractivity contribution in [3.63, 3.8) is 0 Å². The molecule has 1 atom stereocenters. The zero-order chi connectivity index (χ0) is 14.1. The third-order valence-corrected chi connectivity index (χ3v) is 5.05. The maximum absolute atomic E-state index is 12.5. The minimum atomic E-state index is 0.102. The number of hydrogen-bond donors (Lipinski definition) is 0. The molecule has 110 valence electrons. The van der Waals surface area contributed by atoms with Gasteiger partial charge in [0.15, 0.2) is 0 Å². The Morgan fingerprint density at radius 3 is 2.55 bits per heavy atom. The zero-order valence-corrected chi connectivity index (χ0v) is 12.9. The lowest BCUT2D eigenvalue weighted by Gasteiger charge is -2.36. The molecule has 7 heteroatoms. The number of nitrogens with zero attached hydrogens (tertiary/aromatic N) is 5. The maximum Gasteiger partial charge on any atom is 0.240 e. The van der Waals surface area contributed by atoms with Gasteiger partial charge in [-0.05, 0) is 33.4 Å². The number of amides is 1. The van der Waals surface area contributed by atoms with Crippen molar-refractivity contribution in [2.75, 3.05) is 44.7 Å². The first-order valence-corrected chi connectivity index (χ1v) is 7.97. The zero-order valence-electron chi connectivity index (χ0n) is 12.1. The second-order valence-electron chi connectivity index (χ2n) is 5.58. The normalized spacial score (nSPS) is 24.4. The summed E-state index contributed by atoms with van der Waals surface area (Å²) in [5, 5.41) is 0.979. The first kappa shape index (κ1) is 13.8. The summed E-state index contributed by atoms with van der Waals surface area (Å²) in [4.78, 5) is 23.3. The van der Waals surface area contributed by atoms with Crippen LogP contribution in [0.15, 0.2) is 0 Å². The molecule has 3 rings (SSSR count). The van der Waals surface area contributed by atoms with E-state index in [0.29, 0.717) is 5.91 Å². The van der Waals surface area contributed by atoms with Gasteiger partial charge in [-0.25, -0.2) is 4.98 Å². The third-order valence-electron chi connectivity index (χ3n) is 4.18. The molecule has 2 aliphatic heterocycles. The fraction of sp³-hybridized carbons (Fsp3) is 0.769. The minimum Gasteiger partial charge on any atom is -0.343 e. The lowest BCUT2D eigenvalue weighted by molar-refractivity contribution is -0.135. The monoisotopic (exact) mass is 295 g/mol. The molecule has 1 aromatic rings. The predicted octanol–water partition coefficient (Wildman–Crippen LogP) is 0.589. The van der Waals surface area contributed by atoms with Gasteiger partial charge in [-0.1, -0.05) is 0 Å². The lowest BCUT2D eigenvalue weighted by Crippen LogP contribution is -2.53. The number of likely N-dealkylation sites (tertiary alicyclic amines) is 1. The van der Waals surface area contributed by atoms with E-state index in [0.717, 1.165) is 56.5 Å². The average Bonchev–Trinajstić information content (AvgIpc) is 3.07. The van der Waals surface area contributed by atoms with E-state index in [1.54, 1.807) is 0 Å². The molecule has 0 aromatic carbocycles. The Bertz CT molecular complexity index is 483. The molecule has 2 fully saturated rings. The molecule has 1 unspecified atom stereocenters. The highest BCUT2D eigenvalue weighted by atomic mass is 32.1. The van der Waals surface area contributed by atoms with E-state index in [-0.39, 0.29) is 6.04 Å². The van der Waals surface area contributed by atoms with Crippen molar-refractivity contribution in [2.24, 2.45) is 0 Å². The molecule has 1 amide bonds. The number of piperazine rings is 1. The summed E-state index contributed by atoms with van der Waals surface area (Å²) in [5.74, 6) is 1.13. The van der Waals surface area contributed by atoms with Crippen LogP contribution in [0, 0.1) is 6.92 Å². The van der Waals surface area contributed by atoms with Crippen molar-refractivity contribution in [3.8, 4) is 0 Å². The van der Waals surface area contributed by atoms with Crippen LogP contribution in [0.2, 0.25) is 0 Å². The van der Waals surface area contributed by atoms with Crippen LogP contribution in [0.5, 0.6) is 0 Å². The molecule has 20 heavy (non-hydrogen) atoms. The highest BCUT2D eigenvalue weighted by Gasteiger charge is 2.33. The number of aromatic nitrogens is 2. The van der Waals surface area contributed by atoms with Crippen molar-refractivity contribution in [1.82, 2.24) is 19.2 Å². The number of rotatable bonds is 2. The predicted molar refractivity (Wildman–Crippen MR) is 79.1 cm³/mol. The van der Waals surface area contributed by atoms with Gasteiger partial charge in [0.05, 0.1) is 6.04 Å². The Labute approximate surface area is 123 Å². The second-order valence-corrected chi connectivity index (χ2v) is 6.31. The maximum atomic E-state index is 12.5. The molecule has 0 radical (unpaired) electrons. The summed E-state index contributed by atoms with van der Waals surface area (Å²) in [6, 6.07) is 0.102. The lowest BCUT2D eigenvalue weighted by atomic mass is 10.2. The van der Waals surface area contributed by atoms with Gasteiger partial charge in [-0.2, -0.15) is 4.37 Å². The molecule has 0 saturated carbocycles. The van der Waals surface area contributed by atoms with Gasteiger partial charge in [0.25, 0.3) is 0 Å². The van der Waals surface area contributed by atoms with Crippen LogP contribution in [-0.2, 0) is 4.79 Å². The molecule has 1 aromatic heterocycles. The van der Waals surface area contributed by atoms with Gasteiger partial charge in [0.2, 0.25) is 11.0 Å². The summed E-state index contributed by atoms with van der Waals surface area (Å²) in [6.07, 6.45) is 2.14. The van der Waals surface area contributed by atoms with E-state index in [1.165, 1.54) is 11.5 Å². The van der Waals surface area contributed by atoms with Gasteiger partial charge in [0.1, 0.15) is 5.82 Å². The Hall–Kier alpha value is -1.21. The van der Waals surface area contributed by atoms with E-state index in [1.807, 2.05) is 11.8 Å². The standard InChI is InChI=1S/C13H21N5OS/c1-10-14-13(20-15-10)18-8-6-17(7-9-18)12(19)11-4-3-5-16(11)2/h11H,3-9H2,1-2H3. The number of carbonyl (C=O) groups is 1. The summed E-state index contributed by atoms with van der Waals surface area (Å²) >= 11 is 1.44. The van der Waals surface area contributed by atoms with E-state index < -0.39 is 0 Å². The molecule has 2 saturated heterocycles. The highest BCUT2D eigenvalue weighted by molar-refractivity contribution is 7.09. The molecule has 3 heterocycles. The van der Waals surface area contributed by atoms with Crippen LogP contribution in [-0.4, -0.2) is 70.9 Å². The molecule has 2 aliphatic rings. The van der Waals surface area contributed by atoms with Gasteiger partial charge >= 0.3 is 0 Å². The largest absolute Gasteiger partial charge is 0.343 e. The first-order chi connectivity index (χ1) is 9.65. The third kappa shape index (κ3) is 2.64. The fourth-order valence-corrected chi connectivity index (χ4v) is 3.69. The van der Waals surface area contributed by atoms with E-state index in [9.17, 15) is 4.79 Å². The number of aryl methyl sites for hydroxylation is 1. The molecule has 0 N–H and O–H groups in total. The number of carbonyl (C=O) groups excluding carboxylic acids is 1. The van der Waals surface area contributed by atoms with Crippen LogP contribution >= 0.6 is 11.5 Å². The molecule has 0 bridgehead atoms. The number of likely N-dealkylation sites (N-methyl/N-ethyl adjacent to an activating group) is 1. The number of anilines is 1. The molecular formula is C13H21N5OS. The molecule has 0 aliphatic carbocycles. The van der Waals surface area contributed by atoms with E-state index in [2.05, 4.69) is 26.2 Å². The summed E-state index contributed by atoms with van der Waals surface area (Å²) in [7, 11) is 2.05. The van der Waals surface area contributed by atoms with Crippen molar-refractivity contribution in [1.29, 1.82) is 0 Å². The van der Waals surface area contributed by atoms with Gasteiger partial charge < -0.3 is 9.80 Å². The highest BCUT2D eigenvalue weighted by Crippen LogP contribution is 2.21. The Morgan fingerprint density at radius 1 is 1.25 bits per heavy atom. The SMILES string of the molecule is Cc1nsc(N2CCN(C(=O)C3CCCN3C)CC2)n1. The summed E-state index contributed by atoms with van der Waals surface area (Å²) in [6.45, 7) is 6.26. The smallest absolute Gasteiger partial charge is 0.240 e. The Morgan fingerprint density at radius 2 is 2.00 bits per heavy atom. The molecular weight excluding hydrogens is 274 g/mol. The quantitative estimate of drug-likeness (QED) is 0.799. The van der Waals surface area contributed by atoms with Crippen molar-refractivity contribution in [3.05, 3.63) is 5.82 Å². The fourth-order valence-electron chi connectivity index (χ4n) is 2.97. The van der Waals surface area contributed by atoms with Gasteiger partial charge in [-0.3, -0.25) is 9.69 Å². The van der Waals surface area contributed by atoms with E-state index in [4.69, 9.17) is 0 Å². The molecule has 0 spiro atoms. The average molecular weight is 295 g/mol. The van der Waals surface area contributed by atoms with Gasteiger partial charge in [0, 0.05) is 37.7 Å². The second kappa shape index (κ2) is 5.65. The van der Waals surface area contributed by atoms with Crippen molar-refractivity contribution in [2.45, 2.75) is 25.8 Å². The topological polar surface area (TPSA) is 52.6 Å². The van der Waals surface area contributed by atoms with Crippen molar-refractivity contribution < 1.29 is 4.79 Å². The summed E-state index contributed by atoms with van der Waals surface area (Å²) in [5.41, 5.74) is 0. The Balaban J connectivity index is 1.57. The van der Waals surface area contributed by atoms with Crippen LogP contribution in [0.25, 0.3) is 0 Å².